The number of hydrogen-bond acceptors (Lipinski definition) is 4. The number of fused-ring (bicyclic) bond motifs is 2. The van der Waals surface area contributed by atoms with E-state index in [-0.39, 0.29) is 0 Å². The summed E-state index contributed by atoms with van der Waals surface area (Å²) in [7, 11) is 0. The number of ether oxygens (including phenoxy) is 3. The van der Waals surface area contributed by atoms with Crippen molar-refractivity contribution in [2.24, 2.45) is 0 Å². The average Bonchev–Trinajstić information content (AvgIpc) is 3.15. The third-order valence-corrected chi connectivity index (χ3v) is 4.42. The zero-order chi connectivity index (χ0) is 14.2. The Balaban J connectivity index is 1.95. The highest BCUT2D eigenvalue weighted by Crippen LogP contribution is 2.41. The van der Waals surface area contributed by atoms with Crippen LogP contribution in [-0.2, 0) is 0 Å². The van der Waals surface area contributed by atoms with Gasteiger partial charge < -0.3 is 14.2 Å². The van der Waals surface area contributed by atoms with Crippen LogP contribution in [-0.4, -0.2) is 13.4 Å². The number of thiophene rings is 1. The van der Waals surface area contributed by atoms with Gasteiger partial charge in [-0.05, 0) is 53.4 Å². The van der Waals surface area contributed by atoms with Gasteiger partial charge in [0.05, 0.1) is 6.61 Å². The first kappa shape index (κ1) is 12.5. The third kappa shape index (κ3) is 2.12. The Morgan fingerprint density at radius 3 is 2.52 bits per heavy atom. The molecule has 0 atom stereocenters. The lowest BCUT2D eigenvalue weighted by Crippen LogP contribution is -1.94. The second-order valence-electron chi connectivity index (χ2n) is 4.81. The van der Waals surface area contributed by atoms with E-state index in [1.54, 1.807) is 11.3 Å². The number of benzene rings is 2. The van der Waals surface area contributed by atoms with Crippen molar-refractivity contribution in [3.05, 3.63) is 41.8 Å². The number of rotatable bonds is 3. The highest BCUT2D eigenvalue weighted by Gasteiger charge is 2.16. The third-order valence-electron chi connectivity index (χ3n) is 3.52. The summed E-state index contributed by atoms with van der Waals surface area (Å²) in [4.78, 5) is 1.21. The van der Waals surface area contributed by atoms with Crippen LogP contribution in [0.15, 0.2) is 41.8 Å². The molecule has 3 nitrogen and oxygen atoms in total. The summed E-state index contributed by atoms with van der Waals surface area (Å²) >= 11 is 1.71. The van der Waals surface area contributed by atoms with Crippen molar-refractivity contribution in [2.75, 3.05) is 13.4 Å². The lowest BCUT2D eigenvalue weighted by molar-refractivity contribution is 0.174. The van der Waals surface area contributed by atoms with Gasteiger partial charge in [-0.15, -0.1) is 11.3 Å². The average molecular weight is 298 g/mol. The molecule has 4 heteroatoms. The topological polar surface area (TPSA) is 27.7 Å². The zero-order valence-corrected chi connectivity index (χ0v) is 12.4. The van der Waals surface area contributed by atoms with E-state index in [4.69, 9.17) is 14.2 Å². The molecule has 1 aliphatic rings. The molecule has 0 radical (unpaired) electrons. The van der Waals surface area contributed by atoms with Crippen LogP contribution in [0.2, 0.25) is 0 Å². The first-order valence-electron chi connectivity index (χ1n) is 6.89. The molecule has 2 aromatic carbocycles. The van der Waals surface area contributed by atoms with Crippen molar-refractivity contribution in [2.45, 2.75) is 6.92 Å². The predicted molar refractivity (Wildman–Crippen MR) is 84.6 cm³/mol. The second-order valence-corrected chi connectivity index (χ2v) is 5.76. The van der Waals surface area contributed by atoms with E-state index < -0.39 is 0 Å². The van der Waals surface area contributed by atoms with E-state index in [1.807, 2.05) is 19.1 Å². The Labute approximate surface area is 126 Å². The Morgan fingerprint density at radius 1 is 1.10 bits per heavy atom. The maximum atomic E-state index is 5.82. The SMILES string of the molecule is CCOc1cc2cc3c(cc2cc1-c1cccs1)OCO3. The van der Waals surface area contributed by atoms with Gasteiger partial charge >= 0.3 is 0 Å². The van der Waals surface area contributed by atoms with Crippen LogP contribution in [0.3, 0.4) is 0 Å². The largest absolute Gasteiger partial charge is 0.493 e. The molecule has 0 saturated heterocycles. The minimum Gasteiger partial charge on any atom is -0.493 e. The number of hydrogen-bond donors (Lipinski definition) is 0. The van der Waals surface area contributed by atoms with Crippen molar-refractivity contribution in [1.29, 1.82) is 0 Å². The van der Waals surface area contributed by atoms with E-state index in [9.17, 15) is 0 Å². The Hall–Kier alpha value is -2.20. The van der Waals surface area contributed by atoms with Crippen molar-refractivity contribution in [1.82, 2.24) is 0 Å². The predicted octanol–water partition coefficient (Wildman–Crippen LogP) is 4.70. The molecule has 3 aromatic rings. The lowest BCUT2D eigenvalue weighted by atomic mass is 10.0. The summed E-state index contributed by atoms with van der Waals surface area (Å²) in [6.07, 6.45) is 0. The lowest BCUT2D eigenvalue weighted by Gasteiger charge is -2.11. The van der Waals surface area contributed by atoms with Crippen LogP contribution in [0.1, 0.15) is 6.92 Å². The van der Waals surface area contributed by atoms with Gasteiger partial charge in [-0.25, -0.2) is 0 Å². The molecule has 0 saturated carbocycles. The standard InChI is InChI=1S/C17H14O3S/c1-2-18-14-7-12-9-16-15(19-10-20-16)8-11(12)6-13(14)17-4-3-5-21-17/h3-9H,2,10H2,1H3. The molecular weight excluding hydrogens is 284 g/mol. The molecule has 21 heavy (non-hydrogen) atoms. The first-order valence-corrected chi connectivity index (χ1v) is 7.77. The molecule has 2 heterocycles. The van der Waals surface area contributed by atoms with Crippen molar-refractivity contribution < 1.29 is 14.2 Å². The van der Waals surface area contributed by atoms with Gasteiger partial charge in [0.2, 0.25) is 6.79 Å². The van der Waals surface area contributed by atoms with Gasteiger partial charge in [0.1, 0.15) is 5.75 Å². The molecule has 4 rings (SSSR count). The second kappa shape index (κ2) is 4.97. The summed E-state index contributed by atoms with van der Waals surface area (Å²) in [5, 5.41) is 4.31. The summed E-state index contributed by atoms with van der Waals surface area (Å²) in [5.74, 6) is 2.52. The monoisotopic (exact) mass is 298 g/mol. The highest BCUT2D eigenvalue weighted by molar-refractivity contribution is 7.13. The quantitative estimate of drug-likeness (QED) is 0.701. The Morgan fingerprint density at radius 2 is 1.86 bits per heavy atom. The van der Waals surface area contributed by atoms with E-state index in [2.05, 4.69) is 29.6 Å². The molecule has 0 fully saturated rings. The molecule has 0 bridgehead atoms. The van der Waals surface area contributed by atoms with E-state index in [0.29, 0.717) is 13.4 Å². The first-order chi connectivity index (χ1) is 10.3. The molecular formula is C17H14O3S. The van der Waals surface area contributed by atoms with E-state index in [1.165, 1.54) is 4.88 Å². The minimum atomic E-state index is 0.293. The normalized spacial score (nSPS) is 12.8. The summed E-state index contributed by atoms with van der Waals surface area (Å²) in [6.45, 7) is 2.94. The fraction of sp³-hybridized carbons (Fsp3) is 0.176. The summed E-state index contributed by atoms with van der Waals surface area (Å²) in [5.41, 5.74) is 1.12. The highest BCUT2D eigenvalue weighted by atomic mass is 32.1. The van der Waals surface area contributed by atoms with Crippen LogP contribution in [0.4, 0.5) is 0 Å². The van der Waals surface area contributed by atoms with Gasteiger partial charge in [-0.1, -0.05) is 6.07 Å². The van der Waals surface area contributed by atoms with Gasteiger partial charge in [0.15, 0.2) is 11.5 Å². The van der Waals surface area contributed by atoms with Crippen molar-refractivity contribution in [3.63, 3.8) is 0 Å². The summed E-state index contributed by atoms with van der Waals surface area (Å²) in [6, 6.07) is 12.5. The van der Waals surface area contributed by atoms with Crippen molar-refractivity contribution in [3.8, 4) is 27.7 Å². The van der Waals surface area contributed by atoms with Gasteiger partial charge in [0.25, 0.3) is 0 Å². The van der Waals surface area contributed by atoms with Crippen LogP contribution in [0.5, 0.6) is 17.2 Å². The van der Waals surface area contributed by atoms with Gasteiger partial charge in [-0.2, -0.15) is 0 Å². The van der Waals surface area contributed by atoms with Crippen LogP contribution < -0.4 is 14.2 Å². The molecule has 0 spiro atoms. The fourth-order valence-electron chi connectivity index (χ4n) is 2.57. The molecule has 0 amide bonds. The summed E-state index contributed by atoms with van der Waals surface area (Å²) < 4.78 is 16.7. The molecule has 0 aliphatic carbocycles. The maximum Gasteiger partial charge on any atom is 0.231 e. The minimum absolute atomic E-state index is 0.293. The van der Waals surface area contributed by atoms with E-state index in [0.717, 1.165) is 33.6 Å². The van der Waals surface area contributed by atoms with Gasteiger partial charge in [0, 0.05) is 10.4 Å². The van der Waals surface area contributed by atoms with Crippen LogP contribution >= 0.6 is 11.3 Å². The Kier molecular flexibility index (Phi) is 2.97. The molecule has 0 N–H and O–H groups in total. The fourth-order valence-corrected chi connectivity index (χ4v) is 3.32. The molecule has 106 valence electrons. The van der Waals surface area contributed by atoms with Crippen LogP contribution in [0, 0.1) is 0 Å². The van der Waals surface area contributed by atoms with Crippen LogP contribution in [0.25, 0.3) is 21.2 Å². The Bertz CT molecular complexity index is 793. The zero-order valence-electron chi connectivity index (χ0n) is 11.6. The molecule has 1 aliphatic heterocycles. The smallest absolute Gasteiger partial charge is 0.231 e. The maximum absolute atomic E-state index is 5.82. The van der Waals surface area contributed by atoms with E-state index >= 15 is 0 Å². The molecule has 1 aromatic heterocycles. The molecule has 0 unspecified atom stereocenters. The van der Waals surface area contributed by atoms with Gasteiger partial charge in [-0.3, -0.25) is 0 Å². The van der Waals surface area contributed by atoms with Crippen molar-refractivity contribution >= 4 is 22.1 Å².